The normalized spacial score (nSPS) is 9.54. The fourth-order valence-electron chi connectivity index (χ4n) is 1.92. The molecule has 1 N–H and O–H groups in total. The molecule has 0 atom stereocenters. The van der Waals surface area contributed by atoms with E-state index < -0.39 is 6.09 Å². The summed E-state index contributed by atoms with van der Waals surface area (Å²) in [5.74, 6) is 6.69. The van der Waals surface area contributed by atoms with Gasteiger partial charge < -0.3 is 14.8 Å². The molecule has 0 radical (unpaired) electrons. The highest BCUT2D eigenvalue weighted by Crippen LogP contribution is 2.12. The molecule has 2 rings (SSSR count). The Morgan fingerprint density at radius 3 is 2.75 bits per heavy atom. The van der Waals surface area contributed by atoms with Gasteiger partial charge in [0.2, 0.25) is 0 Å². The largest absolute Gasteiger partial charge is 0.494 e. The van der Waals surface area contributed by atoms with Crippen molar-refractivity contribution in [2.24, 2.45) is 0 Å². The van der Waals surface area contributed by atoms with Gasteiger partial charge in [-0.2, -0.15) is 0 Å². The van der Waals surface area contributed by atoms with Crippen molar-refractivity contribution in [1.82, 2.24) is 5.32 Å². The molecule has 2 aromatic rings. The number of amides is 1. The van der Waals surface area contributed by atoms with Crippen LogP contribution < -0.4 is 10.1 Å². The third kappa shape index (κ3) is 6.45. The zero-order valence-electron chi connectivity index (χ0n) is 13.7. The third-order valence-corrected chi connectivity index (χ3v) is 3.07. The Kier molecular flexibility index (Phi) is 7.23. The van der Waals surface area contributed by atoms with Gasteiger partial charge in [0.25, 0.3) is 0 Å². The lowest BCUT2D eigenvalue weighted by Crippen LogP contribution is -2.24. The number of alkyl carbamates (subject to hydrolysis) is 1. The van der Waals surface area contributed by atoms with Gasteiger partial charge in [-0.3, -0.25) is 0 Å². The van der Waals surface area contributed by atoms with Crippen molar-refractivity contribution in [1.29, 1.82) is 0 Å². The second-order valence-corrected chi connectivity index (χ2v) is 5.09. The van der Waals surface area contributed by atoms with Gasteiger partial charge >= 0.3 is 6.09 Å². The molecule has 124 valence electrons. The van der Waals surface area contributed by atoms with Crippen molar-refractivity contribution in [3.05, 3.63) is 65.7 Å². The highest BCUT2D eigenvalue weighted by molar-refractivity contribution is 5.67. The van der Waals surface area contributed by atoms with Crippen LogP contribution in [0, 0.1) is 11.8 Å². The minimum absolute atomic E-state index is 0.230. The van der Waals surface area contributed by atoms with E-state index in [0.717, 1.165) is 23.3 Å². The molecule has 0 fully saturated rings. The maximum atomic E-state index is 11.6. The van der Waals surface area contributed by atoms with Crippen LogP contribution in [0.4, 0.5) is 4.79 Å². The van der Waals surface area contributed by atoms with E-state index in [1.165, 1.54) is 0 Å². The number of benzene rings is 2. The molecule has 0 aliphatic heterocycles. The molecule has 0 heterocycles. The number of ether oxygens (including phenoxy) is 2. The zero-order valence-corrected chi connectivity index (χ0v) is 13.7. The second-order valence-electron chi connectivity index (χ2n) is 5.09. The summed E-state index contributed by atoms with van der Waals surface area (Å²) >= 11 is 0. The number of nitrogens with one attached hydrogen (secondary N) is 1. The number of hydrogen-bond donors (Lipinski definition) is 1. The summed E-state index contributed by atoms with van der Waals surface area (Å²) in [5.41, 5.74) is 1.80. The number of rotatable bonds is 6. The molecule has 0 aliphatic rings. The Morgan fingerprint density at radius 2 is 1.96 bits per heavy atom. The van der Waals surface area contributed by atoms with Gasteiger partial charge in [0.05, 0.1) is 13.2 Å². The van der Waals surface area contributed by atoms with Crippen LogP contribution in [0.2, 0.25) is 0 Å². The van der Waals surface area contributed by atoms with E-state index in [9.17, 15) is 4.79 Å². The fraction of sp³-hybridized carbons (Fsp3) is 0.250. The lowest BCUT2D eigenvalue weighted by Gasteiger charge is -2.04. The standard InChI is InChI=1S/C20H21NO3/c1-2-14-23-19-12-6-10-17(15-19)11-7-13-21-20(22)24-16-18-8-4-3-5-9-18/h3-6,8-10,12,15H,2,13-14,16H2,1H3,(H,21,22). The molecule has 4 nitrogen and oxygen atoms in total. The van der Waals surface area contributed by atoms with E-state index >= 15 is 0 Å². The van der Waals surface area contributed by atoms with Gasteiger partial charge in [-0.25, -0.2) is 4.79 Å². The van der Waals surface area contributed by atoms with Crippen LogP contribution in [0.25, 0.3) is 0 Å². The summed E-state index contributed by atoms with van der Waals surface area (Å²) in [6.07, 6.45) is 0.485. The van der Waals surface area contributed by atoms with Crippen LogP contribution >= 0.6 is 0 Å². The molecule has 0 unspecified atom stereocenters. The average molecular weight is 323 g/mol. The van der Waals surface area contributed by atoms with Gasteiger partial charge in [-0.1, -0.05) is 55.2 Å². The predicted octanol–water partition coefficient (Wildman–Crippen LogP) is 3.75. The SMILES string of the molecule is CCCOc1cccc(C#CCNC(=O)OCc2ccccc2)c1. The van der Waals surface area contributed by atoms with Crippen molar-refractivity contribution in [2.45, 2.75) is 20.0 Å². The third-order valence-electron chi connectivity index (χ3n) is 3.07. The van der Waals surface area contributed by atoms with Crippen LogP contribution in [0.1, 0.15) is 24.5 Å². The van der Waals surface area contributed by atoms with Crippen LogP contribution in [-0.2, 0) is 11.3 Å². The second kappa shape index (κ2) is 9.96. The van der Waals surface area contributed by atoms with Crippen molar-refractivity contribution in [3.8, 4) is 17.6 Å². The van der Waals surface area contributed by atoms with Crippen molar-refractivity contribution in [3.63, 3.8) is 0 Å². The minimum Gasteiger partial charge on any atom is -0.494 e. The van der Waals surface area contributed by atoms with E-state index in [2.05, 4.69) is 24.1 Å². The molecule has 4 heteroatoms. The maximum absolute atomic E-state index is 11.6. The number of hydrogen-bond acceptors (Lipinski definition) is 3. The van der Waals surface area contributed by atoms with E-state index in [4.69, 9.17) is 9.47 Å². The molecule has 1 amide bonds. The van der Waals surface area contributed by atoms with E-state index in [1.54, 1.807) is 0 Å². The summed E-state index contributed by atoms with van der Waals surface area (Å²) in [6.45, 7) is 3.22. The van der Waals surface area contributed by atoms with Crippen LogP contribution in [-0.4, -0.2) is 19.2 Å². The summed E-state index contributed by atoms with van der Waals surface area (Å²) in [7, 11) is 0. The molecule has 0 saturated heterocycles. The van der Waals surface area contributed by atoms with Crippen molar-refractivity contribution >= 4 is 6.09 Å². The zero-order chi connectivity index (χ0) is 17.0. The smallest absolute Gasteiger partial charge is 0.408 e. The first kappa shape index (κ1) is 17.4. The highest BCUT2D eigenvalue weighted by atomic mass is 16.5. The van der Waals surface area contributed by atoms with Gasteiger partial charge in [-0.05, 0) is 30.2 Å². The fourth-order valence-corrected chi connectivity index (χ4v) is 1.92. The first-order chi connectivity index (χ1) is 11.8. The highest BCUT2D eigenvalue weighted by Gasteiger charge is 2.00. The minimum atomic E-state index is -0.479. The Balaban J connectivity index is 1.74. The molecular formula is C20H21NO3. The molecule has 0 aliphatic carbocycles. The van der Waals surface area contributed by atoms with Crippen LogP contribution in [0.15, 0.2) is 54.6 Å². The molecule has 24 heavy (non-hydrogen) atoms. The van der Waals surface area contributed by atoms with Gasteiger partial charge in [-0.15, -0.1) is 0 Å². The molecule has 0 bridgehead atoms. The van der Waals surface area contributed by atoms with Gasteiger partial charge in [0.1, 0.15) is 12.4 Å². The first-order valence-electron chi connectivity index (χ1n) is 7.94. The number of carbonyl (C=O) groups is 1. The Hall–Kier alpha value is -2.93. The Labute approximate surface area is 142 Å². The molecule has 2 aromatic carbocycles. The van der Waals surface area contributed by atoms with Gasteiger partial charge in [0.15, 0.2) is 0 Å². The summed E-state index contributed by atoms with van der Waals surface area (Å²) in [4.78, 5) is 11.6. The lowest BCUT2D eigenvalue weighted by molar-refractivity contribution is 0.141. The first-order valence-corrected chi connectivity index (χ1v) is 7.94. The van der Waals surface area contributed by atoms with Crippen LogP contribution in [0.5, 0.6) is 5.75 Å². The summed E-state index contributed by atoms with van der Waals surface area (Å²) in [6, 6.07) is 17.1. The average Bonchev–Trinajstić information content (AvgIpc) is 2.63. The lowest BCUT2D eigenvalue weighted by atomic mass is 10.2. The van der Waals surface area contributed by atoms with E-state index in [-0.39, 0.29) is 13.2 Å². The maximum Gasteiger partial charge on any atom is 0.408 e. The van der Waals surface area contributed by atoms with E-state index in [1.807, 2.05) is 54.6 Å². The van der Waals surface area contributed by atoms with E-state index in [0.29, 0.717) is 6.61 Å². The Bertz CT molecular complexity index is 702. The summed E-state index contributed by atoms with van der Waals surface area (Å²) < 4.78 is 10.7. The topological polar surface area (TPSA) is 47.6 Å². The summed E-state index contributed by atoms with van der Waals surface area (Å²) in [5, 5.41) is 2.61. The number of carbonyl (C=O) groups excluding carboxylic acids is 1. The monoisotopic (exact) mass is 323 g/mol. The van der Waals surface area contributed by atoms with Gasteiger partial charge in [0, 0.05) is 5.56 Å². The molecular weight excluding hydrogens is 302 g/mol. The molecule has 0 aromatic heterocycles. The quantitative estimate of drug-likeness (QED) is 0.824. The molecule has 0 spiro atoms. The van der Waals surface area contributed by atoms with Crippen LogP contribution in [0.3, 0.4) is 0 Å². The predicted molar refractivity (Wildman–Crippen MR) is 93.7 cm³/mol. The molecule has 0 saturated carbocycles. The van der Waals surface area contributed by atoms with Crippen molar-refractivity contribution < 1.29 is 14.3 Å². The van der Waals surface area contributed by atoms with Crippen molar-refractivity contribution in [2.75, 3.05) is 13.2 Å². The Morgan fingerprint density at radius 1 is 1.12 bits per heavy atom.